The molecule has 3 aromatic rings. The molecule has 0 saturated carbocycles. The van der Waals surface area contributed by atoms with Crippen molar-refractivity contribution in [3.05, 3.63) is 64.7 Å². The molecule has 1 saturated heterocycles. The van der Waals surface area contributed by atoms with Gasteiger partial charge in [0.2, 0.25) is 0 Å². The van der Waals surface area contributed by atoms with Crippen LogP contribution in [0.3, 0.4) is 0 Å². The molecule has 184 valence electrons. The normalized spacial score (nSPS) is 16.7. The average Bonchev–Trinajstić information content (AvgIpc) is 3.38. The molecule has 1 fully saturated rings. The number of alkyl halides is 3. The highest BCUT2D eigenvalue weighted by atomic mass is 35.5. The number of likely N-dealkylation sites (tertiary alicyclic amines) is 1. The van der Waals surface area contributed by atoms with Gasteiger partial charge in [0.05, 0.1) is 32.8 Å². The van der Waals surface area contributed by atoms with Crippen molar-refractivity contribution < 1.29 is 26.3 Å². The molecular formula is C23H19ClF3N3O3S2. The molecule has 1 aromatic heterocycles. The van der Waals surface area contributed by atoms with E-state index >= 15 is 0 Å². The van der Waals surface area contributed by atoms with Crippen LogP contribution >= 0.6 is 22.9 Å². The average molecular weight is 542 g/mol. The van der Waals surface area contributed by atoms with Crippen molar-refractivity contribution in [1.29, 1.82) is 5.26 Å². The number of benzene rings is 2. The van der Waals surface area contributed by atoms with E-state index in [1.165, 1.54) is 6.07 Å². The number of anilines is 1. The van der Waals surface area contributed by atoms with Crippen molar-refractivity contribution >= 4 is 38.6 Å². The van der Waals surface area contributed by atoms with Crippen LogP contribution in [0, 0.1) is 11.3 Å². The number of nitrogens with zero attached hydrogens (tertiary/aromatic N) is 2. The van der Waals surface area contributed by atoms with E-state index in [0.717, 1.165) is 29.5 Å². The number of nitriles is 1. The molecule has 0 radical (unpaired) electrons. The van der Waals surface area contributed by atoms with Crippen molar-refractivity contribution in [3.8, 4) is 22.3 Å². The standard InChI is InChI=1S/C23H19ClF3N3O3S2/c1-30-9-8-17(13-30)33-20-10-16(6-7-18(20)23(25,26)27)29-35(31,32)21-11-19(24)22(34-21)15-4-2-14(12-28)3-5-15/h2-7,10-11,17,29H,8-9,13H2,1H3/t17-/m1/s1. The fraction of sp³-hybridized carbons (Fsp3) is 0.261. The molecule has 0 unspecified atom stereocenters. The summed E-state index contributed by atoms with van der Waals surface area (Å²) in [6, 6.07) is 12.7. The topological polar surface area (TPSA) is 82.4 Å². The van der Waals surface area contributed by atoms with E-state index in [4.69, 9.17) is 21.6 Å². The molecule has 2 aromatic carbocycles. The van der Waals surface area contributed by atoms with Gasteiger partial charge in [-0.1, -0.05) is 23.7 Å². The number of halogens is 4. The molecule has 0 aliphatic carbocycles. The first-order valence-electron chi connectivity index (χ1n) is 10.4. The van der Waals surface area contributed by atoms with Gasteiger partial charge in [0, 0.05) is 19.2 Å². The molecule has 35 heavy (non-hydrogen) atoms. The Morgan fingerprint density at radius 2 is 1.91 bits per heavy atom. The van der Waals surface area contributed by atoms with E-state index in [2.05, 4.69) is 4.72 Å². The third kappa shape index (κ3) is 5.73. The first-order chi connectivity index (χ1) is 16.5. The molecule has 12 heteroatoms. The Bertz CT molecular complexity index is 1380. The maximum Gasteiger partial charge on any atom is 0.419 e. The second kappa shape index (κ2) is 9.70. The van der Waals surface area contributed by atoms with Crippen LogP contribution in [0.4, 0.5) is 18.9 Å². The van der Waals surface area contributed by atoms with Gasteiger partial charge in [-0.25, -0.2) is 8.42 Å². The second-order valence-electron chi connectivity index (χ2n) is 8.04. The lowest BCUT2D eigenvalue weighted by molar-refractivity contribution is -0.139. The summed E-state index contributed by atoms with van der Waals surface area (Å²) in [5, 5.41) is 9.14. The summed E-state index contributed by atoms with van der Waals surface area (Å²) in [5.41, 5.74) is 0.0359. The lowest BCUT2D eigenvalue weighted by Gasteiger charge is -2.19. The van der Waals surface area contributed by atoms with Crippen LogP contribution in [0.1, 0.15) is 17.5 Å². The van der Waals surface area contributed by atoms with Crippen LogP contribution in [0.25, 0.3) is 10.4 Å². The highest BCUT2D eigenvalue weighted by Gasteiger charge is 2.36. The van der Waals surface area contributed by atoms with Crippen molar-refractivity contribution in [2.24, 2.45) is 0 Å². The van der Waals surface area contributed by atoms with E-state index in [-0.39, 0.29) is 14.9 Å². The number of hydrogen-bond acceptors (Lipinski definition) is 6. The fourth-order valence-corrected chi connectivity index (χ4v) is 6.54. The van der Waals surface area contributed by atoms with Crippen molar-refractivity contribution in [1.82, 2.24) is 4.90 Å². The highest BCUT2D eigenvalue weighted by molar-refractivity contribution is 7.94. The Morgan fingerprint density at radius 1 is 1.20 bits per heavy atom. The minimum absolute atomic E-state index is 0.0659. The van der Waals surface area contributed by atoms with E-state index in [0.29, 0.717) is 35.5 Å². The molecule has 6 nitrogen and oxygen atoms in total. The molecular weight excluding hydrogens is 523 g/mol. The third-order valence-corrected chi connectivity index (χ3v) is 8.84. The van der Waals surface area contributed by atoms with Gasteiger partial charge in [-0.05, 0) is 49.4 Å². The summed E-state index contributed by atoms with van der Waals surface area (Å²) in [6.45, 7) is 1.16. The van der Waals surface area contributed by atoms with Gasteiger partial charge in [0.1, 0.15) is 16.1 Å². The summed E-state index contributed by atoms with van der Waals surface area (Å²) >= 11 is 7.18. The van der Waals surface area contributed by atoms with Crippen molar-refractivity contribution in [2.45, 2.75) is 22.9 Å². The number of likely N-dealkylation sites (N-methyl/N-ethyl adjacent to an activating group) is 1. The molecule has 4 rings (SSSR count). The lowest BCUT2D eigenvalue weighted by atomic mass is 10.1. The first kappa shape index (κ1) is 25.3. The van der Waals surface area contributed by atoms with Crippen LogP contribution < -0.4 is 9.46 Å². The van der Waals surface area contributed by atoms with E-state index in [9.17, 15) is 21.6 Å². The van der Waals surface area contributed by atoms with E-state index in [1.807, 2.05) is 18.0 Å². The molecule has 2 heterocycles. The Morgan fingerprint density at radius 3 is 2.51 bits per heavy atom. The summed E-state index contributed by atoms with van der Waals surface area (Å²) in [6.07, 6.45) is -4.52. The number of nitrogens with one attached hydrogen (secondary N) is 1. The summed E-state index contributed by atoms with van der Waals surface area (Å²) in [4.78, 5) is 2.43. The minimum Gasteiger partial charge on any atom is -0.488 e. The molecule has 0 amide bonds. The maximum atomic E-state index is 13.5. The molecule has 0 spiro atoms. The van der Waals surface area contributed by atoms with Gasteiger partial charge < -0.3 is 9.64 Å². The van der Waals surface area contributed by atoms with Gasteiger partial charge in [0.25, 0.3) is 10.0 Å². The monoisotopic (exact) mass is 541 g/mol. The van der Waals surface area contributed by atoms with Gasteiger partial charge >= 0.3 is 6.18 Å². The van der Waals surface area contributed by atoms with Crippen LogP contribution in [0.5, 0.6) is 5.75 Å². The maximum absolute atomic E-state index is 13.5. The van der Waals surface area contributed by atoms with Gasteiger partial charge in [0.15, 0.2) is 0 Å². The minimum atomic E-state index is -4.66. The second-order valence-corrected chi connectivity index (χ2v) is 11.4. The zero-order chi connectivity index (χ0) is 25.4. The lowest BCUT2D eigenvalue weighted by Crippen LogP contribution is -2.23. The summed E-state index contributed by atoms with van der Waals surface area (Å²) < 4.78 is 74.4. The number of sulfonamides is 1. The van der Waals surface area contributed by atoms with Crippen LogP contribution in [0.15, 0.2) is 52.7 Å². The third-order valence-electron chi connectivity index (χ3n) is 5.39. The Labute approximate surface area is 209 Å². The van der Waals surface area contributed by atoms with Crippen molar-refractivity contribution in [3.63, 3.8) is 0 Å². The molecule has 0 bridgehead atoms. The quantitative estimate of drug-likeness (QED) is 0.424. The number of hydrogen-bond donors (Lipinski definition) is 1. The van der Waals surface area contributed by atoms with E-state index < -0.39 is 33.6 Å². The Kier molecular flexibility index (Phi) is 7.02. The largest absolute Gasteiger partial charge is 0.488 e. The van der Waals surface area contributed by atoms with Crippen LogP contribution in [-0.4, -0.2) is 39.6 Å². The fourth-order valence-electron chi connectivity index (χ4n) is 3.67. The zero-order valence-electron chi connectivity index (χ0n) is 18.3. The molecule has 1 N–H and O–H groups in total. The smallest absolute Gasteiger partial charge is 0.419 e. The zero-order valence-corrected chi connectivity index (χ0v) is 20.7. The van der Waals surface area contributed by atoms with Crippen LogP contribution in [-0.2, 0) is 16.2 Å². The summed E-state index contributed by atoms with van der Waals surface area (Å²) in [7, 11) is -2.31. The predicted molar refractivity (Wildman–Crippen MR) is 128 cm³/mol. The number of rotatable bonds is 6. The molecule has 1 aliphatic heterocycles. The van der Waals surface area contributed by atoms with E-state index in [1.54, 1.807) is 24.3 Å². The molecule has 1 aliphatic rings. The number of thiophene rings is 1. The number of ether oxygens (including phenoxy) is 1. The van der Waals surface area contributed by atoms with Gasteiger partial charge in [-0.3, -0.25) is 4.72 Å². The Balaban J connectivity index is 1.61. The van der Waals surface area contributed by atoms with Gasteiger partial charge in [-0.2, -0.15) is 18.4 Å². The van der Waals surface area contributed by atoms with Crippen LogP contribution in [0.2, 0.25) is 5.02 Å². The first-order valence-corrected chi connectivity index (χ1v) is 13.0. The predicted octanol–water partition coefficient (Wildman–Crippen LogP) is 5.84. The van der Waals surface area contributed by atoms with Gasteiger partial charge in [-0.15, -0.1) is 11.3 Å². The molecule has 1 atom stereocenters. The summed E-state index contributed by atoms with van der Waals surface area (Å²) in [5.74, 6) is -0.430. The van der Waals surface area contributed by atoms with Crippen molar-refractivity contribution in [2.75, 3.05) is 24.9 Å². The highest BCUT2D eigenvalue weighted by Crippen LogP contribution is 2.41. The Hall–Kier alpha value is -2.78. The SMILES string of the molecule is CN1CC[C@@H](Oc2cc(NS(=O)(=O)c3cc(Cl)c(-c4ccc(C#N)cc4)s3)ccc2C(F)(F)F)C1.